The number of carbonyl (C=O) groups excluding carboxylic acids is 1. The fourth-order valence-corrected chi connectivity index (χ4v) is 1.50. The molecule has 0 aliphatic rings. The third-order valence-corrected chi connectivity index (χ3v) is 2.54. The number of rotatable bonds is 3. The smallest absolute Gasteiger partial charge is 0.222 e. The molecule has 82 valence electrons. The lowest BCUT2D eigenvalue weighted by molar-refractivity contribution is -0.130. The van der Waals surface area contributed by atoms with E-state index in [2.05, 4.69) is 0 Å². The highest BCUT2D eigenvalue weighted by Crippen LogP contribution is 2.20. The Morgan fingerprint density at radius 2 is 2.20 bits per heavy atom. The van der Waals surface area contributed by atoms with E-state index in [4.69, 9.17) is 11.6 Å². The summed E-state index contributed by atoms with van der Waals surface area (Å²) >= 11 is 5.84. The molecule has 0 saturated carbocycles. The van der Waals surface area contributed by atoms with Crippen LogP contribution in [0, 0.1) is 5.82 Å². The van der Waals surface area contributed by atoms with Crippen molar-refractivity contribution in [2.45, 2.75) is 19.9 Å². The van der Waals surface area contributed by atoms with Gasteiger partial charge < -0.3 is 4.90 Å². The summed E-state index contributed by atoms with van der Waals surface area (Å²) in [5.74, 6) is -0.410. The first-order valence-corrected chi connectivity index (χ1v) is 5.11. The summed E-state index contributed by atoms with van der Waals surface area (Å²) in [7, 11) is 1.63. The van der Waals surface area contributed by atoms with Gasteiger partial charge in [-0.3, -0.25) is 4.79 Å². The van der Waals surface area contributed by atoms with Crippen molar-refractivity contribution in [3.63, 3.8) is 0 Å². The minimum absolute atomic E-state index is 0.0330. The number of hydrogen-bond acceptors (Lipinski definition) is 1. The lowest BCUT2D eigenvalue weighted by atomic mass is 10.2. The van der Waals surface area contributed by atoms with Crippen LogP contribution in [-0.2, 0) is 11.3 Å². The Hall–Kier alpha value is -1.09. The largest absolute Gasteiger partial charge is 0.341 e. The fourth-order valence-electron chi connectivity index (χ4n) is 1.28. The van der Waals surface area contributed by atoms with Gasteiger partial charge in [0.25, 0.3) is 0 Å². The van der Waals surface area contributed by atoms with Gasteiger partial charge in [-0.1, -0.05) is 24.6 Å². The zero-order valence-electron chi connectivity index (χ0n) is 8.76. The Kier molecular flexibility index (Phi) is 4.09. The van der Waals surface area contributed by atoms with Gasteiger partial charge in [0, 0.05) is 30.6 Å². The summed E-state index contributed by atoms with van der Waals surface area (Å²) in [4.78, 5) is 12.8. The first-order valence-electron chi connectivity index (χ1n) is 4.73. The molecule has 1 amide bonds. The number of halogens is 2. The minimum Gasteiger partial charge on any atom is -0.341 e. The Morgan fingerprint density at radius 3 is 2.73 bits per heavy atom. The van der Waals surface area contributed by atoms with E-state index in [1.807, 2.05) is 0 Å². The molecule has 0 saturated heterocycles. The number of amides is 1. The molecule has 0 N–H and O–H groups in total. The molecule has 0 spiro atoms. The molecule has 4 heteroatoms. The Labute approximate surface area is 93.6 Å². The summed E-state index contributed by atoms with van der Waals surface area (Å²) < 4.78 is 13.4. The zero-order valence-corrected chi connectivity index (χ0v) is 9.51. The summed E-state index contributed by atoms with van der Waals surface area (Å²) in [5.41, 5.74) is 0.364. The average molecular weight is 230 g/mol. The van der Waals surface area contributed by atoms with Crippen molar-refractivity contribution < 1.29 is 9.18 Å². The molecule has 0 unspecified atom stereocenters. The molecule has 0 bridgehead atoms. The summed E-state index contributed by atoms with van der Waals surface area (Å²) in [5, 5.41) is 0.353. The number of benzene rings is 1. The summed E-state index contributed by atoms with van der Waals surface area (Å²) in [6.07, 6.45) is 0.405. The van der Waals surface area contributed by atoms with Crippen LogP contribution in [0.25, 0.3) is 0 Å². The third-order valence-electron chi connectivity index (χ3n) is 2.19. The average Bonchev–Trinajstić information content (AvgIpc) is 2.22. The van der Waals surface area contributed by atoms with Crippen molar-refractivity contribution >= 4 is 17.5 Å². The molecule has 0 fully saturated rings. The molecule has 0 heterocycles. The standard InChI is InChI=1S/C11H13ClFNO/c1-3-11(15)14(2)7-8-9(12)5-4-6-10(8)13/h4-6H,3,7H2,1-2H3. The van der Waals surface area contributed by atoms with Crippen LogP contribution in [0.15, 0.2) is 18.2 Å². The van der Waals surface area contributed by atoms with Gasteiger partial charge in [-0.25, -0.2) is 4.39 Å². The summed E-state index contributed by atoms with van der Waals surface area (Å²) in [6, 6.07) is 4.50. The Balaban J connectivity index is 2.85. The molecular weight excluding hydrogens is 217 g/mol. The van der Waals surface area contributed by atoms with Crippen molar-refractivity contribution in [2.24, 2.45) is 0 Å². The van der Waals surface area contributed by atoms with E-state index < -0.39 is 0 Å². The van der Waals surface area contributed by atoms with Crippen LogP contribution in [0.4, 0.5) is 4.39 Å². The van der Waals surface area contributed by atoms with Crippen LogP contribution < -0.4 is 0 Å². The lowest BCUT2D eigenvalue weighted by Gasteiger charge is -2.17. The third kappa shape index (κ3) is 2.93. The van der Waals surface area contributed by atoms with Gasteiger partial charge in [-0.2, -0.15) is 0 Å². The zero-order chi connectivity index (χ0) is 11.4. The van der Waals surface area contributed by atoms with Crippen LogP contribution in [0.2, 0.25) is 5.02 Å². The van der Waals surface area contributed by atoms with Crippen LogP contribution >= 0.6 is 11.6 Å². The van der Waals surface area contributed by atoms with Crippen LogP contribution in [0.1, 0.15) is 18.9 Å². The van der Waals surface area contributed by atoms with Gasteiger partial charge >= 0.3 is 0 Å². The maximum atomic E-state index is 13.4. The van der Waals surface area contributed by atoms with Crippen molar-refractivity contribution in [2.75, 3.05) is 7.05 Å². The number of hydrogen-bond donors (Lipinski definition) is 0. The second kappa shape index (κ2) is 5.12. The predicted octanol–water partition coefficient (Wildman–Crippen LogP) is 2.85. The molecule has 0 aromatic heterocycles. The topological polar surface area (TPSA) is 20.3 Å². The second-order valence-electron chi connectivity index (χ2n) is 3.30. The van der Waals surface area contributed by atoms with E-state index in [1.54, 1.807) is 26.1 Å². The highest BCUT2D eigenvalue weighted by Gasteiger charge is 2.12. The molecule has 0 aliphatic carbocycles. The molecule has 1 rings (SSSR count). The van der Waals surface area contributed by atoms with Crippen LogP contribution in [-0.4, -0.2) is 17.9 Å². The second-order valence-corrected chi connectivity index (χ2v) is 3.71. The van der Waals surface area contributed by atoms with E-state index in [0.717, 1.165) is 0 Å². The van der Waals surface area contributed by atoms with E-state index in [-0.39, 0.29) is 18.3 Å². The van der Waals surface area contributed by atoms with Gasteiger partial charge in [0.2, 0.25) is 5.91 Å². The predicted molar refractivity (Wildman–Crippen MR) is 58.2 cm³/mol. The molecule has 1 aromatic rings. The van der Waals surface area contributed by atoms with Crippen LogP contribution in [0.5, 0.6) is 0 Å². The molecular formula is C11H13ClFNO. The van der Waals surface area contributed by atoms with E-state index in [1.165, 1.54) is 11.0 Å². The van der Waals surface area contributed by atoms with Gasteiger partial charge in [0.1, 0.15) is 5.82 Å². The Bertz CT molecular complexity index is 347. The maximum Gasteiger partial charge on any atom is 0.222 e. The minimum atomic E-state index is -0.377. The number of nitrogens with zero attached hydrogens (tertiary/aromatic N) is 1. The first-order chi connectivity index (χ1) is 7.06. The van der Waals surface area contributed by atoms with E-state index >= 15 is 0 Å². The monoisotopic (exact) mass is 229 g/mol. The van der Waals surface area contributed by atoms with Crippen molar-refractivity contribution in [1.29, 1.82) is 0 Å². The molecule has 0 atom stereocenters. The maximum absolute atomic E-state index is 13.4. The number of carbonyl (C=O) groups is 1. The molecule has 0 aliphatic heterocycles. The lowest BCUT2D eigenvalue weighted by Crippen LogP contribution is -2.25. The summed E-state index contributed by atoms with van der Waals surface area (Å²) in [6.45, 7) is 1.97. The molecule has 15 heavy (non-hydrogen) atoms. The SMILES string of the molecule is CCC(=O)N(C)Cc1c(F)cccc1Cl. The van der Waals surface area contributed by atoms with Gasteiger partial charge in [-0.05, 0) is 12.1 Å². The van der Waals surface area contributed by atoms with Gasteiger partial charge in [-0.15, -0.1) is 0 Å². The van der Waals surface area contributed by atoms with Crippen molar-refractivity contribution in [1.82, 2.24) is 4.90 Å². The molecule has 2 nitrogen and oxygen atoms in total. The molecule has 1 aromatic carbocycles. The van der Waals surface area contributed by atoms with Crippen LogP contribution in [0.3, 0.4) is 0 Å². The van der Waals surface area contributed by atoms with E-state index in [0.29, 0.717) is 17.0 Å². The Morgan fingerprint density at radius 1 is 1.53 bits per heavy atom. The quantitative estimate of drug-likeness (QED) is 0.781. The van der Waals surface area contributed by atoms with Crippen molar-refractivity contribution in [3.8, 4) is 0 Å². The first kappa shape index (κ1) is 12.0. The van der Waals surface area contributed by atoms with Gasteiger partial charge in [0.05, 0.1) is 0 Å². The molecule has 0 radical (unpaired) electrons. The highest BCUT2D eigenvalue weighted by molar-refractivity contribution is 6.31. The van der Waals surface area contributed by atoms with E-state index in [9.17, 15) is 9.18 Å². The normalized spacial score (nSPS) is 10.1. The van der Waals surface area contributed by atoms with Crippen molar-refractivity contribution in [3.05, 3.63) is 34.6 Å². The fraction of sp³-hybridized carbons (Fsp3) is 0.364. The highest BCUT2D eigenvalue weighted by atomic mass is 35.5. The van der Waals surface area contributed by atoms with Gasteiger partial charge in [0.15, 0.2) is 0 Å².